The van der Waals surface area contributed by atoms with E-state index in [1.165, 1.54) is 19.3 Å². The monoisotopic (exact) mass is 225 g/mol. The van der Waals surface area contributed by atoms with E-state index in [1.807, 2.05) is 0 Å². The normalized spacial score (nSPS) is 33.9. The number of hydrogen-bond acceptors (Lipinski definition) is 2. The van der Waals surface area contributed by atoms with Gasteiger partial charge in [0.1, 0.15) is 0 Å². The van der Waals surface area contributed by atoms with Gasteiger partial charge in [0.25, 0.3) is 0 Å². The molecule has 1 aliphatic carbocycles. The second-order valence-electron chi connectivity index (χ2n) is 6.70. The smallest absolute Gasteiger partial charge is 0.0677 e. The van der Waals surface area contributed by atoms with Gasteiger partial charge in [0.2, 0.25) is 0 Å². The minimum Gasteiger partial charge on any atom is -0.369 e. The summed E-state index contributed by atoms with van der Waals surface area (Å²) in [5, 5.41) is 3.70. The van der Waals surface area contributed by atoms with Gasteiger partial charge in [-0.1, -0.05) is 6.92 Å². The maximum Gasteiger partial charge on any atom is 0.0677 e. The maximum atomic E-state index is 6.21. The molecule has 2 fully saturated rings. The van der Waals surface area contributed by atoms with Gasteiger partial charge in [-0.2, -0.15) is 0 Å². The molecule has 2 nitrogen and oxygen atoms in total. The second kappa shape index (κ2) is 3.99. The van der Waals surface area contributed by atoms with Crippen molar-refractivity contribution in [1.82, 2.24) is 5.32 Å². The van der Waals surface area contributed by atoms with Crippen molar-refractivity contribution in [3.8, 4) is 0 Å². The first-order chi connectivity index (χ1) is 7.36. The topological polar surface area (TPSA) is 21.3 Å². The van der Waals surface area contributed by atoms with Gasteiger partial charge in [-0.05, 0) is 59.4 Å². The van der Waals surface area contributed by atoms with Crippen molar-refractivity contribution in [3.63, 3.8) is 0 Å². The molecule has 0 spiro atoms. The van der Waals surface area contributed by atoms with Crippen LogP contribution in [0, 0.1) is 11.8 Å². The highest BCUT2D eigenvalue weighted by atomic mass is 16.5. The van der Waals surface area contributed by atoms with E-state index in [1.54, 1.807) is 0 Å². The van der Waals surface area contributed by atoms with Gasteiger partial charge in [-0.25, -0.2) is 0 Å². The van der Waals surface area contributed by atoms with E-state index < -0.39 is 0 Å². The van der Waals surface area contributed by atoms with Gasteiger partial charge >= 0.3 is 0 Å². The van der Waals surface area contributed by atoms with E-state index in [4.69, 9.17) is 4.74 Å². The van der Waals surface area contributed by atoms with Crippen molar-refractivity contribution >= 4 is 0 Å². The number of rotatable bonds is 4. The molecule has 2 unspecified atom stereocenters. The van der Waals surface area contributed by atoms with Gasteiger partial charge in [-0.15, -0.1) is 0 Å². The first-order valence-corrected chi connectivity index (χ1v) is 6.79. The first kappa shape index (κ1) is 12.4. The van der Waals surface area contributed by atoms with E-state index in [0.717, 1.165) is 12.5 Å². The van der Waals surface area contributed by atoms with Crippen molar-refractivity contribution < 1.29 is 4.74 Å². The largest absolute Gasteiger partial charge is 0.369 e. The summed E-state index contributed by atoms with van der Waals surface area (Å²) in [6.07, 6.45) is 4.00. The van der Waals surface area contributed by atoms with E-state index in [9.17, 15) is 0 Å². The minimum absolute atomic E-state index is 0.0267. The Morgan fingerprint density at radius 3 is 2.25 bits per heavy atom. The fourth-order valence-corrected chi connectivity index (χ4v) is 3.49. The lowest BCUT2D eigenvalue weighted by Gasteiger charge is -2.33. The second-order valence-corrected chi connectivity index (χ2v) is 6.70. The number of hydrogen-bond donors (Lipinski definition) is 1. The summed E-state index contributed by atoms with van der Waals surface area (Å²) < 4.78 is 6.21. The molecule has 0 aromatic rings. The van der Waals surface area contributed by atoms with Gasteiger partial charge in [0, 0.05) is 12.0 Å². The SMILES string of the molecule is CCNC(C1CC1)C1CC(C)(C)OC1(C)C. The number of nitrogens with one attached hydrogen (secondary N) is 1. The van der Waals surface area contributed by atoms with Crippen molar-refractivity contribution in [2.75, 3.05) is 6.54 Å². The fraction of sp³-hybridized carbons (Fsp3) is 1.00. The summed E-state index contributed by atoms with van der Waals surface area (Å²) >= 11 is 0. The Bertz CT molecular complexity index is 255. The van der Waals surface area contributed by atoms with Gasteiger partial charge in [-0.3, -0.25) is 0 Å². The summed E-state index contributed by atoms with van der Waals surface area (Å²) in [6, 6.07) is 0.668. The van der Waals surface area contributed by atoms with Crippen LogP contribution in [0.4, 0.5) is 0 Å². The van der Waals surface area contributed by atoms with Crippen molar-refractivity contribution in [2.45, 2.75) is 71.1 Å². The molecular weight excluding hydrogens is 198 g/mol. The molecule has 94 valence electrons. The molecular formula is C14H27NO. The molecule has 2 atom stereocenters. The van der Waals surface area contributed by atoms with Gasteiger partial charge in [0.15, 0.2) is 0 Å². The van der Waals surface area contributed by atoms with Crippen LogP contribution in [-0.4, -0.2) is 23.8 Å². The molecule has 2 heteroatoms. The standard InChI is InChI=1S/C14H27NO/c1-6-15-12(10-7-8-10)11-9-13(2,3)16-14(11,4)5/h10-12,15H,6-9H2,1-5H3. The molecule has 16 heavy (non-hydrogen) atoms. The Kier molecular flexibility index (Phi) is 3.09. The third-order valence-corrected chi connectivity index (χ3v) is 4.15. The molecule has 0 radical (unpaired) electrons. The third kappa shape index (κ3) is 2.43. The first-order valence-electron chi connectivity index (χ1n) is 6.79. The minimum atomic E-state index is 0.0267. The molecule has 1 saturated heterocycles. The lowest BCUT2D eigenvalue weighted by Crippen LogP contribution is -2.45. The van der Waals surface area contributed by atoms with Crippen LogP contribution >= 0.6 is 0 Å². The highest BCUT2D eigenvalue weighted by Gasteiger charge is 2.51. The average Bonchev–Trinajstić information content (AvgIpc) is 2.89. The Morgan fingerprint density at radius 2 is 1.88 bits per heavy atom. The molecule has 1 N–H and O–H groups in total. The van der Waals surface area contributed by atoms with Crippen LogP contribution in [0.3, 0.4) is 0 Å². The molecule has 2 rings (SSSR count). The maximum absolute atomic E-state index is 6.21. The predicted molar refractivity (Wildman–Crippen MR) is 67.5 cm³/mol. The zero-order valence-corrected chi connectivity index (χ0v) is 11.5. The summed E-state index contributed by atoms with van der Waals surface area (Å²) in [5.41, 5.74) is 0.0790. The van der Waals surface area contributed by atoms with Crippen molar-refractivity contribution in [3.05, 3.63) is 0 Å². The molecule has 0 amide bonds. The molecule has 1 saturated carbocycles. The molecule has 0 bridgehead atoms. The highest BCUT2D eigenvalue weighted by molar-refractivity contribution is 5.03. The Morgan fingerprint density at radius 1 is 1.25 bits per heavy atom. The van der Waals surface area contributed by atoms with E-state index in [2.05, 4.69) is 39.9 Å². The fourth-order valence-electron chi connectivity index (χ4n) is 3.49. The zero-order valence-electron chi connectivity index (χ0n) is 11.5. The van der Waals surface area contributed by atoms with Crippen LogP contribution in [0.15, 0.2) is 0 Å². The molecule has 1 heterocycles. The lowest BCUT2D eigenvalue weighted by atomic mass is 9.79. The van der Waals surface area contributed by atoms with Crippen LogP contribution in [0.25, 0.3) is 0 Å². The molecule has 0 aromatic heterocycles. The summed E-state index contributed by atoms with van der Waals surface area (Å²) in [5.74, 6) is 1.57. The zero-order chi connectivity index (χ0) is 12.0. The summed E-state index contributed by atoms with van der Waals surface area (Å²) in [4.78, 5) is 0. The van der Waals surface area contributed by atoms with Crippen LogP contribution < -0.4 is 5.32 Å². The molecule has 2 aliphatic rings. The Labute approximate surface area is 100 Å². The van der Waals surface area contributed by atoms with E-state index in [-0.39, 0.29) is 11.2 Å². The van der Waals surface area contributed by atoms with Crippen LogP contribution in [0.2, 0.25) is 0 Å². The van der Waals surface area contributed by atoms with Gasteiger partial charge < -0.3 is 10.1 Å². The van der Waals surface area contributed by atoms with Gasteiger partial charge in [0.05, 0.1) is 11.2 Å². The van der Waals surface area contributed by atoms with Crippen molar-refractivity contribution in [1.29, 1.82) is 0 Å². The van der Waals surface area contributed by atoms with Crippen LogP contribution in [0.1, 0.15) is 53.9 Å². The highest BCUT2D eigenvalue weighted by Crippen LogP contribution is 2.48. The van der Waals surface area contributed by atoms with E-state index >= 15 is 0 Å². The quantitative estimate of drug-likeness (QED) is 0.794. The Balaban J connectivity index is 2.11. The Hall–Kier alpha value is -0.0800. The summed E-state index contributed by atoms with van der Waals surface area (Å²) in [7, 11) is 0. The third-order valence-electron chi connectivity index (χ3n) is 4.15. The van der Waals surface area contributed by atoms with Crippen LogP contribution in [-0.2, 0) is 4.74 Å². The average molecular weight is 225 g/mol. The molecule has 0 aromatic carbocycles. The number of ether oxygens (including phenoxy) is 1. The predicted octanol–water partition coefficient (Wildman–Crippen LogP) is 2.97. The molecule has 1 aliphatic heterocycles. The van der Waals surface area contributed by atoms with Crippen molar-refractivity contribution in [2.24, 2.45) is 11.8 Å². The van der Waals surface area contributed by atoms with E-state index in [0.29, 0.717) is 12.0 Å². The summed E-state index contributed by atoms with van der Waals surface area (Å²) in [6.45, 7) is 12.3. The lowest BCUT2D eigenvalue weighted by molar-refractivity contribution is -0.0783. The van der Waals surface area contributed by atoms with Crippen LogP contribution in [0.5, 0.6) is 0 Å².